The number of carbonyl (C=O) groups is 1. The fourth-order valence-corrected chi connectivity index (χ4v) is 3.57. The molecule has 1 saturated heterocycles. The van der Waals surface area contributed by atoms with Crippen molar-refractivity contribution >= 4 is 11.6 Å². The number of aromatic nitrogens is 4. The highest BCUT2D eigenvalue weighted by atomic mass is 16.2. The summed E-state index contributed by atoms with van der Waals surface area (Å²) in [6, 6.07) is 5.95. The van der Waals surface area contributed by atoms with Crippen LogP contribution in [0.2, 0.25) is 0 Å². The van der Waals surface area contributed by atoms with Crippen molar-refractivity contribution in [3.05, 3.63) is 53.5 Å². The molecule has 6 nitrogen and oxygen atoms in total. The van der Waals surface area contributed by atoms with Gasteiger partial charge >= 0.3 is 0 Å². The van der Waals surface area contributed by atoms with Gasteiger partial charge in [0.2, 0.25) is 5.91 Å². The number of carbonyl (C=O) groups excluding carboxylic acids is 1. The largest absolute Gasteiger partial charge is 0.344 e. The summed E-state index contributed by atoms with van der Waals surface area (Å²) in [6.45, 7) is 4.74. The summed E-state index contributed by atoms with van der Waals surface area (Å²) in [4.78, 5) is 27.2. The third kappa shape index (κ3) is 2.48. The fraction of sp³-hybridized carbons (Fsp3) is 0.389. The molecule has 1 aliphatic heterocycles. The summed E-state index contributed by atoms with van der Waals surface area (Å²) in [6.07, 6.45) is 6.14. The summed E-state index contributed by atoms with van der Waals surface area (Å²) in [7, 11) is 0. The van der Waals surface area contributed by atoms with Crippen LogP contribution in [0.4, 0.5) is 0 Å². The fourth-order valence-electron chi connectivity index (χ4n) is 3.57. The quantitative estimate of drug-likeness (QED) is 0.805. The highest BCUT2D eigenvalue weighted by molar-refractivity contribution is 5.79. The molecule has 3 aromatic rings. The van der Waals surface area contributed by atoms with E-state index in [4.69, 9.17) is 0 Å². The lowest BCUT2D eigenvalue weighted by atomic mass is 10.2. The van der Waals surface area contributed by atoms with E-state index in [0.29, 0.717) is 6.42 Å². The van der Waals surface area contributed by atoms with E-state index in [0.717, 1.165) is 47.9 Å². The Morgan fingerprint density at radius 3 is 3.04 bits per heavy atom. The summed E-state index contributed by atoms with van der Waals surface area (Å²) >= 11 is 0. The molecule has 0 saturated carbocycles. The molecule has 4 heterocycles. The standard InChI is InChI=1S/C18H21N5O/c1-12-11-19-18(20-12)14-6-5-9-23(14)17(24)10-15-13(2)21-16-7-3-4-8-22(15)16/h3-4,7-8,11,14H,5-6,9-10H2,1-2H3,(H,19,20). The third-order valence-electron chi connectivity index (χ3n) is 4.76. The molecule has 1 fully saturated rings. The van der Waals surface area contributed by atoms with E-state index in [1.807, 2.05) is 53.7 Å². The number of likely N-dealkylation sites (tertiary alicyclic amines) is 1. The number of hydrogen-bond donors (Lipinski definition) is 1. The summed E-state index contributed by atoms with van der Waals surface area (Å²) < 4.78 is 2.01. The van der Waals surface area contributed by atoms with Gasteiger partial charge in [0.1, 0.15) is 11.5 Å². The van der Waals surface area contributed by atoms with Crippen molar-refractivity contribution < 1.29 is 4.79 Å². The maximum absolute atomic E-state index is 12.9. The monoisotopic (exact) mass is 323 g/mol. The number of nitrogens with one attached hydrogen (secondary N) is 1. The van der Waals surface area contributed by atoms with E-state index >= 15 is 0 Å². The van der Waals surface area contributed by atoms with Gasteiger partial charge in [-0.3, -0.25) is 4.79 Å². The number of pyridine rings is 1. The molecule has 1 atom stereocenters. The average molecular weight is 323 g/mol. The molecule has 24 heavy (non-hydrogen) atoms. The van der Waals surface area contributed by atoms with Gasteiger partial charge in [-0.25, -0.2) is 9.97 Å². The number of aryl methyl sites for hydroxylation is 2. The van der Waals surface area contributed by atoms with E-state index in [1.54, 1.807) is 0 Å². The van der Waals surface area contributed by atoms with Crippen molar-refractivity contribution in [2.45, 2.75) is 39.2 Å². The molecular weight excluding hydrogens is 302 g/mol. The number of aromatic amines is 1. The number of amides is 1. The van der Waals surface area contributed by atoms with Crippen molar-refractivity contribution in [3.63, 3.8) is 0 Å². The number of hydrogen-bond acceptors (Lipinski definition) is 3. The average Bonchev–Trinajstić information content (AvgIpc) is 3.27. The Balaban J connectivity index is 1.60. The lowest BCUT2D eigenvalue weighted by Gasteiger charge is -2.23. The van der Waals surface area contributed by atoms with Crippen LogP contribution in [0.5, 0.6) is 0 Å². The Morgan fingerprint density at radius 2 is 2.25 bits per heavy atom. The first-order chi connectivity index (χ1) is 11.6. The van der Waals surface area contributed by atoms with E-state index in [2.05, 4.69) is 15.0 Å². The molecule has 1 unspecified atom stereocenters. The molecule has 4 rings (SSSR count). The van der Waals surface area contributed by atoms with Crippen LogP contribution in [0, 0.1) is 13.8 Å². The highest BCUT2D eigenvalue weighted by Gasteiger charge is 2.32. The van der Waals surface area contributed by atoms with Crippen LogP contribution in [-0.2, 0) is 11.2 Å². The minimum absolute atomic E-state index is 0.0608. The number of nitrogens with zero attached hydrogens (tertiary/aromatic N) is 4. The first kappa shape index (κ1) is 14.9. The van der Waals surface area contributed by atoms with Crippen LogP contribution in [-0.4, -0.2) is 36.7 Å². The van der Waals surface area contributed by atoms with Gasteiger partial charge < -0.3 is 14.3 Å². The molecular formula is C18H21N5O. The van der Waals surface area contributed by atoms with Crippen molar-refractivity contribution in [2.24, 2.45) is 0 Å². The Labute approximate surface area is 140 Å². The minimum Gasteiger partial charge on any atom is -0.344 e. The van der Waals surface area contributed by atoms with Crippen LogP contribution < -0.4 is 0 Å². The van der Waals surface area contributed by atoms with Crippen LogP contribution in [0.3, 0.4) is 0 Å². The zero-order valence-electron chi connectivity index (χ0n) is 14.0. The molecule has 124 valence electrons. The lowest BCUT2D eigenvalue weighted by Crippen LogP contribution is -2.32. The van der Waals surface area contributed by atoms with Crippen molar-refractivity contribution in [1.82, 2.24) is 24.3 Å². The molecule has 0 aromatic carbocycles. The summed E-state index contributed by atoms with van der Waals surface area (Å²) in [5.74, 6) is 1.04. The van der Waals surface area contributed by atoms with E-state index in [9.17, 15) is 4.79 Å². The Hall–Kier alpha value is -2.63. The Bertz CT molecular complexity index is 894. The second kappa shape index (κ2) is 5.78. The van der Waals surface area contributed by atoms with Gasteiger partial charge in [0.15, 0.2) is 0 Å². The number of imidazole rings is 2. The molecule has 0 aliphatic carbocycles. The maximum atomic E-state index is 12.9. The van der Waals surface area contributed by atoms with Gasteiger partial charge in [-0.1, -0.05) is 6.07 Å². The van der Waals surface area contributed by atoms with Crippen molar-refractivity contribution in [3.8, 4) is 0 Å². The smallest absolute Gasteiger partial charge is 0.229 e. The SMILES string of the molecule is Cc1cnc(C2CCCN2C(=O)Cc2c(C)nc3ccccn23)[nH]1. The zero-order chi connectivity index (χ0) is 16.7. The molecule has 0 bridgehead atoms. The lowest BCUT2D eigenvalue weighted by molar-refractivity contribution is -0.131. The van der Waals surface area contributed by atoms with E-state index in [-0.39, 0.29) is 11.9 Å². The molecule has 6 heteroatoms. The van der Waals surface area contributed by atoms with Gasteiger partial charge in [-0.15, -0.1) is 0 Å². The van der Waals surface area contributed by atoms with Crippen LogP contribution in [0.1, 0.15) is 41.8 Å². The first-order valence-corrected chi connectivity index (χ1v) is 8.37. The molecule has 3 aromatic heterocycles. The Morgan fingerprint density at radius 1 is 1.38 bits per heavy atom. The van der Waals surface area contributed by atoms with Gasteiger partial charge in [0, 0.05) is 24.6 Å². The Kier molecular flexibility index (Phi) is 3.59. The molecule has 1 aliphatic rings. The van der Waals surface area contributed by atoms with E-state index < -0.39 is 0 Å². The number of H-pyrrole nitrogens is 1. The molecule has 1 amide bonds. The minimum atomic E-state index is 0.0608. The summed E-state index contributed by atoms with van der Waals surface area (Å²) in [5, 5.41) is 0. The topological polar surface area (TPSA) is 66.3 Å². The summed E-state index contributed by atoms with van der Waals surface area (Å²) in [5.41, 5.74) is 3.80. The second-order valence-corrected chi connectivity index (χ2v) is 6.45. The van der Waals surface area contributed by atoms with E-state index in [1.165, 1.54) is 0 Å². The maximum Gasteiger partial charge on any atom is 0.229 e. The third-order valence-corrected chi connectivity index (χ3v) is 4.76. The van der Waals surface area contributed by atoms with Crippen molar-refractivity contribution in [2.75, 3.05) is 6.54 Å². The van der Waals surface area contributed by atoms with Crippen LogP contribution in [0.25, 0.3) is 5.65 Å². The van der Waals surface area contributed by atoms with Crippen LogP contribution >= 0.6 is 0 Å². The highest BCUT2D eigenvalue weighted by Crippen LogP contribution is 2.31. The predicted octanol–water partition coefficient (Wildman–Crippen LogP) is 2.58. The van der Waals surface area contributed by atoms with Crippen LogP contribution in [0.15, 0.2) is 30.6 Å². The number of fused-ring (bicyclic) bond motifs is 1. The second-order valence-electron chi connectivity index (χ2n) is 6.45. The van der Waals surface area contributed by atoms with Gasteiger partial charge in [0.05, 0.1) is 23.9 Å². The molecule has 0 radical (unpaired) electrons. The van der Waals surface area contributed by atoms with Gasteiger partial charge in [-0.2, -0.15) is 0 Å². The van der Waals surface area contributed by atoms with Gasteiger partial charge in [0.25, 0.3) is 0 Å². The first-order valence-electron chi connectivity index (χ1n) is 8.37. The predicted molar refractivity (Wildman–Crippen MR) is 90.6 cm³/mol. The molecule has 1 N–H and O–H groups in total. The number of rotatable bonds is 3. The van der Waals surface area contributed by atoms with Crippen molar-refractivity contribution in [1.29, 1.82) is 0 Å². The normalized spacial score (nSPS) is 17.8. The zero-order valence-corrected chi connectivity index (χ0v) is 14.0. The van der Waals surface area contributed by atoms with Gasteiger partial charge in [-0.05, 0) is 38.8 Å². The molecule has 0 spiro atoms.